The van der Waals surface area contributed by atoms with E-state index < -0.39 is 0 Å². The summed E-state index contributed by atoms with van der Waals surface area (Å²) in [6.07, 6.45) is 5.82. The molecule has 1 fully saturated rings. The summed E-state index contributed by atoms with van der Waals surface area (Å²) in [7, 11) is 1.60. The Balaban J connectivity index is 1.68. The van der Waals surface area contributed by atoms with Crippen molar-refractivity contribution in [2.45, 2.75) is 12.8 Å². The van der Waals surface area contributed by atoms with E-state index in [1.165, 1.54) is 12.8 Å². The summed E-state index contributed by atoms with van der Waals surface area (Å²) in [5, 5.41) is 7.50. The summed E-state index contributed by atoms with van der Waals surface area (Å²) < 4.78 is 5.24. The van der Waals surface area contributed by atoms with Crippen LogP contribution in [0.2, 0.25) is 5.02 Å². The van der Waals surface area contributed by atoms with Crippen molar-refractivity contribution in [2.24, 2.45) is 5.92 Å². The average molecular weight is 384 g/mol. The number of halogens is 1. The van der Waals surface area contributed by atoms with Gasteiger partial charge in [-0.25, -0.2) is 9.97 Å². The Morgan fingerprint density at radius 2 is 2.15 bits per heavy atom. The second kappa shape index (κ2) is 8.06. The third-order valence-electron chi connectivity index (χ3n) is 4.86. The molecule has 2 aromatic heterocycles. The molecular formula is C20H22ClN5O. The smallest absolute Gasteiger partial charge is 0.154 e. The lowest BCUT2D eigenvalue weighted by Gasteiger charge is -2.23. The minimum Gasteiger partial charge on any atom is -0.495 e. The van der Waals surface area contributed by atoms with Gasteiger partial charge < -0.3 is 15.4 Å². The summed E-state index contributed by atoms with van der Waals surface area (Å²) >= 11 is 6.30. The van der Waals surface area contributed by atoms with Crippen LogP contribution in [0.25, 0.3) is 22.3 Å². The van der Waals surface area contributed by atoms with E-state index in [0.29, 0.717) is 16.7 Å². The maximum Gasteiger partial charge on any atom is 0.154 e. The molecule has 3 aromatic rings. The fourth-order valence-corrected chi connectivity index (χ4v) is 3.67. The van der Waals surface area contributed by atoms with Gasteiger partial charge in [0.15, 0.2) is 5.82 Å². The molecule has 0 bridgehead atoms. The summed E-state index contributed by atoms with van der Waals surface area (Å²) in [6.45, 7) is 3.00. The van der Waals surface area contributed by atoms with E-state index in [4.69, 9.17) is 21.3 Å². The first kappa shape index (κ1) is 17.9. The number of benzene rings is 1. The molecule has 1 aliphatic heterocycles. The van der Waals surface area contributed by atoms with Crippen LogP contribution in [-0.4, -0.2) is 41.7 Å². The van der Waals surface area contributed by atoms with Crippen LogP contribution in [0.5, 0.6) is 5.75 Å². The van der Waals surface area contributed by atoms with Crippen LogP contribution in [0.15, 0.2) is 36.7 Å². The zero-order valence-corrected chi connectivity index (χ0v) is 16.0. The standard InChI is InChI=1S/C20H22ClN5O/c1-27-18-5-4-14(9-15(18)21)16-10-17-19(24-8-7-23-17)20(26-16)25-12-13-3-2-6-22-11-13/h4-5,7-10,13,22H,2-3,6,11-12H2,1H3,(H,25,26)/t13-/m0/s1. The lowest BCUT2D eigenvalue weighted by atomic mass is 10.00. The van der Waals surface area contributed by atoms with Crippen molar-refractivity contribution in [1.29, 1.82) is 0 Å². The van der Waals surface area contributed by atoms with Crippen LogP contribution in [0.4, 0.5) is 5.82 Å². The first-order valence-electron chi connectivity index (χ1n) is 9.15. The lowest BCUT2D eigenvalue weighted by molar-refractivity contribution is 0.392. The van der Waals surface area contributed by atoms with E-state index in [1.54, 1.807) is 19.5 Å². The molecule has 1 saturated heterocycles. The van der Waals surface area contributed by atoms with E-state index in [0.717, 1.165) is 47.7 Å². The second-order valence-corrected chi connectivity index (χ2v) is 7.13. The van der Waals surface area contributed by atoms with Crippen LogP contribution in [-0.2, 0) is 0 Å². The van der Waals surface area contributed by atoms with Gasteiger partial charge in [-0.15, -0.1) is 0 Å². The van der Waals surface area contributed by atoms with Crippen molar-refractivity contribution in [3.8, 4) is 17.0 Å². The van der Waals surface area contributed by atoms with E-state index in [9.17, 15) is 0 Å². The van der Waals surface area contributed by atoms with Crippen LogP contribution in [0.3, 0.4) is 0 Å². The average Bonchev–Trinajstić information content (AvgIpc) is 2.72. The van der Waals surface area contributed by atoms with Gasteiger partial charge in [0.05, 0.1) is 23.3 Å². The molecule has 1 aliphatic rings. The Morgan fingerprint density at radius 1 is 1.26 bits per heavy atom. The number of methoxy groups -OCH3 is 1. The fraction of sp³-hybridized carbons (Fsp3) is 0.350. The number of nitrogens with zero attached hydrogens (tertiary/aromatic N) is 3. The number of nitrogens with one attached hydrogen (secondary N) is 2. The maximum absolute atomic E-state index is 6.30. The van der Waals surface area contributed by atoms with Crippen molar-refractivity contribution in [3.05, 3.63) is 41.7 Å². The third kappa shape index (κ3) is 3.96. The molecule has 140 valence electrons. The monoisotopic (exact) mass is 383 g/mol. The molecule has 7 heteroatoms. The predicted octanol–water partition coefficient (Wildman–Crippen LogP) is 3.77. The lowest BCUT2D eigenvalue weighted by Crippen LogP contribution is -2.33. The zero-order chi connectivity index (χ0) is 18.6. The van der Waals surface area contributed by atoms with Gasteiger partial charge in [-0.05, 0) is 56.1 Å². The Labute approximate surface area is 163 Å². The minimum atomic E-state index is 0.554. The normalized spacial score (nSPS) is 17.0. The second-order valence-electron chi connectivity index (χ2n) is 6.72. The number of anilines is 1. The SMILES string of the molecule is COc1ccc(-c2cc3nccnc3c(NC[C@H]3CCCNC3)n2)cc1Cl. The van der Waals surface area contributed by atoms with Crippen molar-refractivity contribution in [3.63, 3.8) is 0 Å². The summed E-state index contributed by atoms with van der Waals surface area (Å²) in [4.78, 5) is 13.8. The van der Waals surface area contributed by atoms with Crippen LogP contribution >= 0.6 is 11.6 Å². The van der Waals surface area contributed by atoms with Crippen molar-refractivity contribution < 1.29 is 4.74 Å². The number of aromatic nitrogens is 3. The molecular weight excluding hydrogens is 362 g/mol. The highest BCUT2D eigenvalue weighted by atomic mass is 35.5. The first-order valence-corrected chi connectivity index (χ1v) is 9.52. The number of piperidine rings is 1. The van der Waals surface area contributed by atoms with Gasteiger partial charge in [0, 0.05) is 24.5 Å². The van der Waals surface area contributed by atoms with Gasteiger partial charge in [0.2, 0.25) is 0 Å². The number of fused-ring (bicyclic) bond motifs is 1. The maximum atomic E-state index is 6.30. The van der Waals surface area contributed by atoms with Crippen LogP contribution < -0.4 is 15.4 Å². The van der Waals surface area contributed by atoms with Crippen LogP contribution in [0.1, 0.15) is 12.8 Å². The Hall–Kier alpha value is -2.44. The summed E-state index contributed by atoms with van der Waals surface area (Å²) in [5.74, 6) is 1.99. The Kier molecular flexibility index (Phi) is 5.36. The summed E-state index contributed by atoms with van der Waals surface area (Å²) in [5.41, 5.74) is 3.30. The minimum absolute atomic E-state index is 0.554. The summed E-state index contributed by atoms with van der Waals surface area (Å²) in [6, 6.07) is 7.60. The topological polar surface area (TPSA) is 72.0 Å². The molecule has 0 spiro atoms. The number of ether oxygens (including phenoxy) is 1. The zero-order valence-electron chi connectivity index (χ0n) is 15.2. The number of rotatable bonds is 5. The predicted molar refractivity (Wildman–Crippen MR) is 108 cm³/mol. The van der Waals surface area contributed by atoms with Gasteiger partial charge >= 0.3 is 0 Å². The van der Waals surface area contributed by atoms with E-state index in [1.807, 2.05) is 24.3 Å². The highest BCUT2D eigenvalue weighted by Gasteiger charge is 2.15. The Morgan fingerprint density at radius 3 is 2.93 bits per heavy atom. The number of pyridine rings is 1. The fourth-order valence-electron chi connectivity index (χ4n) is 3.41. The van der Waals surface area contributed by atoms with Gasteiger partial charge in [-0.2, -0.15) is 0 Å². The molecule has 3 heterocycles. The van der Waals surface area contributed by atoms with E-state index in [2.05, 4.69) is 20.6 Å². The van der Waals surface area contributed by atoms with Gasteiger partial charge in [0.25, 0.3) is 0 Å². The quantitative estimate of drug-likeness (QED) is 0.698. The largest absolute Gasteiger partial charge is 0.495 e. The molecule has 1 aromatic carbocycles. The Bertz CT molecular complexity index is 943. The molecule has 2 N–H and O–H groups in total. The number of hydrogen-bond donors (Lipinski definition) is 2. The van der Waals surface area contributed by atoms with Gasteiger partial charge in [-0.3, -0.25) is 4.98 Å². The number of hydrogen-bond acceptors (Lipinski definition) is 6. The third-order valence-corrected chi connectivity index (χ3v) is 5.16. The molecule has 1 atom stereocenters. The van der Waals surface area contributed by atoms with Gasteiger partial charge in [-0.1, -0.05) is 11.6 Å². The van der Waals surface area contributed by atoms with E-state index >= 15 is 0 Å². The molecule has 4 rings (SSSR count). The van der Waals surface area contributed by atoms with Gasteiger partial charge in [0.1, 0.15) is 11.3 Å². The molecule has 0 unspecified atom stereocenters. The highest BCUT2D eigenvalue weighted by molar-refractivity contribution is 6.32. The van der Waals surface area contributed by atoms with Crippen LogP contribution in [0, 0.1) is 5.92 Å². The first-order chi connectivity index (χ1) is 13.2. The van der Waals surface area contributed by atoms with Crippen molar-refractivity contribution in [1.82, 2.24) is 20.3 Å². The molecule has 27 heavy (non-hydrogen) atoms. The molecule has 0 amide bonds. The van der Waals surface area contributed by atoms with E-state index in [-0.39, 0.29) is 0 Å². The molecule has 0 saturated carbocycles. The van der Waals surface area contributed by atoms with Crippen molar-refractivity contribution in [2.75, 3.05) is 32.1 Å². The molecule has 0 aliphatic carbocycles. The van der Waals surface area contributed by atoms with Crippen molar-refractivity contribution >= 4 is 28.5 Å². The molecule has 0 radical (unpaired) electrons. The highest BCUT2D eigenvalue weighted by Crippen LogP contribution is 2.31. The molecule has 6 nitrogen and oxygen atoms in total.